The first-order valence-corrected chi connectivity index (χ1v) is 8.46. The zero-order valence-corrected chi connectivity index (χ0v) is 13.9. The molecule has 0 aliphatic rings. The van der Waals surface area contributed by atoms with E-state index in [0.29, 0.717) is 34.6 Å². The van der Waals surface area contributed by atoms with E-state index >= 15 is 0 Å². The number of hydrogen-bond donors (Lipinski definition) is 2. The van der Waals surface area contributed by atoms with Crippen molar-refractivity contribution in [3.8, 4) is 0 Å². The van der Waals surface area contributed by atoms with Gasteiger partial charge in [0.1, 0.15) is 5.52 Å². The molecular weight excluding hydrogens is 310 g/mol. The van der Waals surface area contributed by atoms with Crippen molar-refractivity contribution in [3.63, 3.8) is 0 Å². The summed E-state index contributed by atoms with van der Waals surface area (Å²) in [5.74, 6) is 1.74. The molecule has 0 bridgehead atoms. The molecule has 2 aromatic heterocycles. The van der Waals surface area contributed by atoms with Crippen molar-refractivity contribution >= 4 is 28.7 Å². The zero-order chi connectivity index (χ0) is 16.4. The molecule has 3 rings (SSSR count). The number of nitrogens with zero attached hydrogens (tertiary/aromatic N) is 3. The monoisotopic (exact) mass is 329 g/mol. The molecule has 0 fully saturated rings. The quantitative estimate of drug-likeness (QED) is 0.554. The van der Waals surface area contributed by atoms with E-state index in [4.69, 9.17) is 5.73 Å². The predicted molar refractivity (Wildman–Crippen MR) is 93.7 cm³/mol. The van der Waals surface area contributed by atoms with Crippen LogP contribution in [-0.2, 0) is 6.54 Å². The highest BCUT2D eigenvalue weighted by atomic mass is 32.2. The van der Waals surface area contributed by atoms with Crippen LogP contribution in [0.5, 0.6) is 0 Å². The molecule has 0 aliphatic heterocycles. The highest BCUT2D eigenvalue weighted by Gasteiger charge is 2.14. The van der Waals surface area contributed by atoms with E-state index in [1.54, 1.807) is 16.3 Å². The van der Waals surface area contributed by atoms with Crippen molar-refractivity contribution in [3.05, 3.63) is 46.4 Å². The fraction of sp³-hybridized carbons (Fsp3) is 0.312. The summed E-state index contributed by atoms with van der Waals surface area (Å²) < 4.78 is 1.60. The average molecular weight is 329 g/mol. The minimum atomic E-state index is -0.226. The van der Waals surface area contributed by atoms with Crippen LogP contribution in [0.3, 0.4) is 0 Å². The lowest BCUT2D eigenvalue weighted by Gasteiger charge is -2.06. The Bertz CT molecular complexity index is 869. The van der Waals surface area contributed by atoms with Gasteiger partial charge in [0.05, 0.1) is 6.54 Å². The first-order chi connectivity index (χ1) is 11.0. The number of anilines is 1. The maximum atomic E-state index is 12.2. The highest BCUT2D eigenvalue weighted by Crippen LogP contribution is 2.22. The number of nitrogen functional groups attached to an aromatic ring is 1. The Labute approximate surface area is 138 Å². The SMILES string of the molecule is CC(C)CSc1nc(N)c2[nH]c(=O)n(Cc3ccccc3)c2n1. The minimum Gasteiger partial charge on any atom is -0.382 e. The Kier molecular flexibility index (Phi) is 4.38. The summed E-state index contributed by atoms with van der Waals surface area (Å²) in [6.45, 7) is 4.72. The van der Waals surface area contributed by atoms with Gasteiger partial charge in [0, 0.05) is 5.75 Å². The maximum absolute atomic E-state index is 12.2. The number of benzene rings is 1. The van der Waals surface area contributed by atoms with Crippen LogP contribution in [0.15, 0.2) is 40.3 Å². The molecule has 0 saturated heterocycles. The third kappa shape index (κ3) is 3.39. The second kappa shape index (κ2) is 6.45. The largest absolute Gasteiger partial charge is 0.382 e. The van der Waals surface area contributed by atoms with Gasteiger partial charge < -0.3 is 10.7 Å². The van der Waals surface area contributed by atoms with Crippen molar-refractivity contribution in [2.24, 2.45) is 5.92 Å². The lowest BCUT2D eigenvalue weighted by atomic mass is 10.2. The van der Waals surface area contributed by atoms with Gasteiger partial charge in [-0.1, -0.05) is 55.9 Å². The average Bonchev–Trinajstić information content (AvgIpc) is 2.83. The van der Waals surface area contributed by atoms with Crippen molar-refractivity contribution in [1.29, 1.82) is 0 Å². The summed E-state index contributed by atoms with van der Waals surface area (Å²) in [7, 11) is 0. The Hall–Kier alpha value is -2.28. The number of nitrogens with two attached hydrogens (primary N) is 1. The first kappa shape index (κ1) is 15.6. The second-order valence-electron chi connectivity index (χ2n) is 5.80. The van der Waals surface area contributed by atoms with Crippen molar-refractivity contribution in [1.82, 2.24) is 19.5 Å². The fourth-order valence-electron chi connectivity index (χ4n) is 2.25. The lowest BCUT2D eigenvalue weighted by Crippen LogP contribution is -2.17. The number of aromatic nitrogens is 4. The molecule has 0 atom stereocenters. The van der Waals surface area contributed by atoms with E-state index < -0.39 is 0 Å². The maximum Gasteiger partial charge on any atom is 0.328 e. The fourth-order valence-corrected chi connectivity index (χ4v) is 3.05. The van der Waals surface area contributed by atoms with Gasteiger partial charge in [-0.3, -0.25) is 4.57 Å². The van der Waals surface area contributed by atoms with Crippen LogP contribution in [0.2, 0.25) is 0 Å². The number of nitrogens with one attached hydrogen (secondary N) is 1. The molecule has 3 aromatic rings. The Morgan fingerprint density at radius 1 is 1.26 bits per heavy atom. The number of thioether (sulfide) groups is 1. The Balaban J connectivity index is 2.03. The normalized spacial score (nSPS) is 11.4. The molecule has 0 amide bonds. The van der Waals surface area contributed by atoms with Crippen molar-refractivity contribution in [2.75, 3.05) is 11.5 Å². The molecule has 2 heterocycles. The Morgan fingerprint density at radius 3 is 2.70 bits per heavy atom. The van der Waals surface area contributed by atoms with E-state index in [1.807, 2.05) is 30.3 Å². The summed E-state index contributed by atoms with van der Waals surface area (Å²) in [6, 6.07) is 9.79. The summed E-state index contributed by atoms with van der Waals surface area (Å²) in [5, 5.41) is 0.601. The van der Waals surface area contributed by atoms with E-state index in [9.17, 15) is 4.79 Å². The molecule has 120 valence electrons. The van der Waals surface area contributed by atoms with E-state index in [-0.39, 0.29) is 5.69 Å². The van der Waals surface area contributed by atoms with Crippen LogP contribution in [0.4, 0.5) is 5.82 Å². The van der Waals surface area contributed by atoms with Gasteiger partial charge in [0.2, 0.25) is 0 Å². The van der Waals surface area contributed by atoms with Gasteiger partial charge in [-0.15, -0.1) is 0 Å². The number of H-pyrrole nitrogens is 1. The number of hydrogen-bond acceptors (Lipinski definition) is 5. The summed E-state index contributed by atoms with van der Waals surface area (Å²) >= 11 is 1.55. The van der Waals surface area contributed by atoms with Gasteiger partial charge in [-0.2, -0.15) is 0 Å². The third-order valence-corrected chi connectivity index (χ3v) is 4.63. The first-order valence-electron chi connectivity index (χ1n) is 7.47. The van der Waals surface area contributed by atoms with Crippen LogP contribution >= 0.6 is 11.8 Å². The van der Waals surface area contributed by atoms with Gasteiger partial charge in [0.15, 0.2) is 16.6 Å². The number of aromatic amines is 1. The van der Waals surface area contributed by atoms with Gasteiger partial charge in [-0.25, -0.2) is 14.8 Å². The standard InChI is InChI=1S/C16H19N5OS/c1-10(2)9-23-15-19-13(17)12-14(20-15)21(16(22)18-12)8-11-6-4-3-5-7-11/h3-7,10H,8-9H2,1-2H3,(H,18,22)(H2,17,19,20). The molecular formula is C16H19N5OS. The van der Waals surface area contributed by atoms with Crippen LogP contribution in [-0.4, -0.2) is 25.3 Å². The second-order valence-corrected chi connectivity index (χ2v) is 6.78. The van der Waals surface area contributed by atoms with E-state index in [1.165, 1.54) is 0 Å². The number of rotatable bonds is 5. The number of fused-ring (bicyclic) bond motifs is 1. The van der Waals surface area contributed by atoms with Crippen LogP contribution < -0.4 is 11.4 Å². The minimum absolute atomic E-state index is 0.226. The van der Waals surface area contributed by atoms with Crippen molar-refractivity contribution in [2.45, 2.75) is 25.5 Å². The van der Waals surface area contributed by atoms with Crippen LogP contribution in [0, 0.1) is 5.92 Å². The lowest BCUT2D eigenvalue weighted by molar-refractivity contribution is 0.746. The molecule has 6 nitrogen and oxygen atoms in total. The summed E-state index contributed by atoms with van der Waals surface area (Å²) in [6.07, 6.45) is 0. The molecule has 3 N–H and O–H groups in total. The van der Waals surface area contributed by atoms with Gasteiger partial charge in [-0.05, 0) is 11.5 Å². The molecule has 23 heavy (non-hydrogen) atoms. The molecule has 7 heteroatoms. The van der Waals surface area contributed by atoms with Crippen LogP contribution in [0.1, 0.15) is 19.4 Å². The molecule has 1 aromatic carbocycles. The summed E-state index contributed by atoms with van der Waals surface area (Å²) in [4.78, 5) is 23.8. The Morgan fingerprint density at radius 2 is 2.00 bits per heavy atom. The van der Waals surface area contributed by atoms with Crippen molar-refractivity contribution < 1.29 is 0 Å². The topological polar surface area (TPSA) is 89.6 Å². The summed E-state index contributed by atoms with van der Waals surface area (Å²) in [5.41, 5.74) is 7.85. The predicted octanol–water partition coefficient (Wildman–Crippen LogP) is 2.50. The molecule has 0 saturated carbocycles. The van der Waals surface area contributed by atoms with E-state index in [0.717, 1.165) is 11.3 Å². The molecule has 0 aliphatic carbocycles. The third-order valence-electron chi connectivity index (χ3n) is 3.36. The van der Waals surface area contributed by atoms with E-state index in [2.05, 4.69) is 28.8 Å². The smallest absolute Gasteiger partial charge is 0.328 e. The zero-order valence-electron chi connectivity index (χ0n) is 13.1. The molecule has 0 unspecified atom stereocenters. The van der Waals surface area contributed by atoms with Gasteiger partial charge in [0.25, 0.3) is 0 Å². The van der Waals surface area contributed by atoms with Gasteiger partial charge >= 0.3 is 5.69 Å². The molecule has 0 radical (unpaired) electrons. The van der Waals surface area contributed by atoms with Crippen LogP contribution in [0.25, 0.3) is 11.2 Å². The molecule has 0 spiro atoms. The number of imidazole rings is 1. The highest BCUT2D eigenvalue weighted by molar-refractivity contribution is 7.99.